The quantitative estimate of drug-likeness (QED) is 0.340. The number of nitrogens with one attached hydrogen (secondary N) is 3. The fraction of sp³-hybridized carbons (Fsp3) is 0.130. The molecule has 0 bridgehead atoms. The van der Waals surface area contributed by atoms with Crippen LogP contribution in [0.2, 0.25) is 0 Å². The first-order chi connectivity index (χ1) is 14.7. The molecule has 5 N–H and O–H groups in total. The average molecular weight is 400 g/mol. The zero-order valence-corrected chi connectivity index (χ0v) is 16.2. The molecule has 30 heavy (non-hydrogen) atoms. The second kappa shape index (κ2) is 7.51. The lowest BCUT2D eigenvalue weighted by Gasteiger charge is -2.09. The van der Waals surface area contributed by atoms with Crippen molar-refractivity contribution in [3.8, 4) is 0 Å². The highest BCUT2D eigenvalue weighted by Crippen LogP contribution is 2.21. The van der Waals surface area contributed by atoms with Crippen molar-refractivity contribution in [2.75, 3.05) is 17.6 Å². The van der Waals surface area contributed by atoms with E-state index in [9.17, 15) is 4.39 Å². The van der Waals surface area contributed by atoms with Crippen LogP contribution >= 0.6 is 0 Å². The van der Waals surface area contributed by atoms with Gasteiger partial charge in [0.15, 0.2) is 0 Å². The smallest absolute Gasteiger partial charge is 0.224 e. The van der Waals surface area contributed by atoms with Crippen LogP contribution in [-0.4, -0.2) is 26.5 Å². The van der Waals surface area contributed by atoms with E-state index in [2.05, 4.69) is 43.5 Å². The van der Waals surface area contributed by atoms with E-state index in [1.165, 1.54) is 11.5 Å². The van der Waals surface area contributed by atoms with Crippen LogP contribution in [0.3, 0.4) is 0 Å². The van der Waals surface area contributed by atoms with E-state index < -0.39 is 0 Å². The Morgan fingerprint density at radius 3 is 2.80 bits per heavy atom. The zero-order chi connectivity index (χ0) is 20.5. The van der Waals surface area contributed by atoms with Crippen molar-refractivity contribution in [1.82, 2.24) is 19.9 Å². The molecule has 7 heteroatoms. The van der Waals surface area contributed by atoms with E-state index in [0.29, 0.717) is 31.2 Å². The minimum Gasteiger partial charge on any atom is -0.383 e. The summed E-state index contributed by atoms with van der Waals surface area (Å²) in [5.41, 5.74) is 11.3. The number of aromatic nitrogens is 4. The molecular formula is C23H21FN6. The van der Waals surface area contributed by atoms with Crippen LogP contribution in [0.25, 0.3) is 21.8 Å². The third-order valence-electron chi connectivity index (χ3n) is 5.32. The van der Waals surface area contributed by atoms with Crippen LogP contribution in [0.5, 0.6) is 0 Å². The predicted octanol–water partition coefficient (Wildman–Crippen LogP) is 4.41. The van der Waals surface area contributed by atoms with Gasteiger partial charge in [-0.15, -0.1) is 0 Å². The molecule has 0 saturated heterocycles. The van der Waals surface area contributed by atoms with Crippen LogP contribution < -0.4 is 11.1 Å². The molecule has 0 fully saturated rings. The van der Waals surface area contributed by atoms with Gasteiger partial charge >= 0.3 is 0 Å². The standard InChI is InChI=1S/C23H21FN6/c24-18-2-4-21-19(11-18)16(12-28-21)6-8-27-23-29-13-17(22(25)30-23)10-14-1-3-20-15(9-14)5-7-26-20/h1-5,7,9,11-13,26,28H,6,8,10H2,(H3,25,27,29,30). The van der Waals surface area contributed by atoms with Crippen LogP contribution in [0.4, 0.5) is 16.2 Å². The Morgan fingerprint density at radius 2 is 1.90 bits per heavy atom. The molecule has 2 aromatic carbocycles. The van der Waals surface area contributed by atoms with E-state index >= 15 is 0 Å². The normalized spacial score (nSPS) is 11.4. The summed E-state index contributed by atoms with van der Waals surface area (Å²) >= 11 is 0. The van der Waals surface area contributed by atoms with Gasteiger partial charge in [0, 0.05) is 53.5 Å². The van der Waals surface area contributed by atoms with E-state index in [0.717, 1.165) is 33.1 Å². The molecule has 5 rings (SSSR count). The van der Waals surface area contributed by atoms with Crippen LogP contribution in [0.15, 0.2) is 61.1 Å². The van der Waals surface area contributed by atoms with Gasteiger partial charge in [-0.3, -0.25) is 0 Å². The summed E-state index contributed by atoms with van der Waals surface area (Å²) in [6.45, 7) is 0.617. The molecule has 0 unspecified atom stereocenters. The Balaban J connectivity index is 1.24. The van der Waals surface area contributed by atoms with Crippen molar-refractivity contribution >= 4 is 33.6 Å². The summed E-state index contributed by atoms with van der Waals surface area (Å²) in [5.74, 6) is 0.720. The Labute approximate surface area is 172 Å². The number of nitrogen functional groups attached to an aromatic ring is 1. The molecule has 3 aromatic heterocycles. The highest BCUT2D eigenvalue weighted by molar-refractivity contribution is 5.83. The average Bonchev–Trinajstić information content (AvgIpc) is 3.36. The predicted molar refractivity (Wildman–Crippen MR) is 118 cm³/mol. The molecule has 0 radical (unpaired) electrons. The molecule has 0 amide bonds. The number of aromatic amines is 2. The molecule has 5 aromatic rings. The van der Waals surface area contributed by atoms with Crippen molar-refractivity contribution in [1.29, 1.82) is 0 Å². The van der Waals surface area contributed by atoms with Crippen LogP contribution in [0, 0.1) is 5.82 Å². The van der Waals surface area contributed by atoms with Gasteiger partial charge < -0.3 is 21.0 Å². The highest BCUT2D eigenvalue weighted by Gasteiger charge is 2.08. The number of nitrogens with two attached hydrogens (primary N) is 1. The molecule has 0 aliphatic rings. The molecule has 0 saturated carbocycles. The number of benzene rings is 2. The number of hydrogen-bond acceptors (Lipinski definition) is 4. The lowest BCUT2D eigenvalue weighted by atomic mass is 10.1. The monoisotopic (exact) mass is 400 g/mol. The molecule has 3 heterocycles. The number of H-pyrrole nitrogens is 2. The number of halogens is 1. The van der Waals surface area contributed by atoms with Gasteiger partial charge in [0.25, 0.3) is 0 Å². The summed E-state index contributed by atoms with van der Waals surface area (Å²) in [6, 6.07) is 13.1. The SMILES string of the molecule is Nc1nc(NCCc2c[nH]c3ccc(F)cc23)ncc1Cc1ccc2[nH]ccc2c1. The largest absolute Gasteiger partial charge is 0.383 e. The van der Waals surface area contributed by atoms with Crippen molar-refractivity contribution < 1.29 is 4.39 Å². The summed E-state index contributed by atoms with van der Waals surface area (Å²) in [6.07, 6.45) is 7.00. The first-order valence-electron chi connectivity index (χ1n) is 9.82. The summed E-state index contributed by atoms with van der Waals surface area (Å²) < 4.78 is 13.5. The first kappa shape index (κ1) is 18.2. The number of anilines is 2. The van der Waals surface area contributed by atoms with Crippen LogP contribution in [0.1, 0.15) is 16.7 Å². The maximum absolute atomic E-state index is 13.5. The number of rotatable bonds is 6. The minimum absolute atomic E-state index is 0.237. The van der Waals surface area contributed by atoms with Gasteiger partial charge in [0.05, 0.1) is 0 Å². The fourth-order valence-corrected chi connectivity index (χ4v) is 3.74. The number of hydrogen-bond donors (Lipinski definition) is 4. The lowest BCUT2D eigenvalue weighted by Crippen LogP contribution is -2.10. The molecule has 0 atom stereocenters. The van der Waals surface area contributed by atoms with E-state index in [-0.39, 0.29) is 5.82 Å². The summed E-state index contributed by atoms with van der Waals surface area (Å²) in [5, 5.41) is 5.27. The van der Waals surface area contributed by atoms with E-state index in [4.69, 9.17) is 5.73 Å². The van der Waals surface area contributed by atoms with Crippen molar-refractivity contribution in [3.63, 3.8) is 0 Å². The fourth-order valence-electron chi connectivity index (χ4n) is 3.74. The summed E-state index contributed by atoms with van der Waals surface area (Å²) in [4.78, 5) is 15.2. The Hall–Kier alpha value is -3.87. The number of nitrogens with zero attached hydrogens (tertiary/aromatic N) is 2. The molecule has 0 aliphatic heterocycles. The van der Waals surface area contributed by atoms with E-state index in [1.54, 1.807) is 18.3 Å². The van der Waals surface area contributed by atoms with Gasteiger partial charge in [0.2, 0.25) is 5.95 Å². The Morgan fingerprint density at radius 1 is 1.00 bits per heavy atom. The molecular weight excluding hydrogens is 379 g/mol. The van der Waals surface area contributed by atoms with E-state index in [1.807, 2.05) is 18.5 Å². The third kappa shape index (κ3) is 3.57. The zero-order valence-electron chi connectivity index (χ0n) is 16.2. The Bertz CT molecular complexity index is 1340. The van der Waals surface area contributed by atoms with Crippen molar-refractivity contribution in [3.05, 3.63) is 83.6 Å². The van der Waals surface area contributed by atoms with Gasteiger partial charge in [-0.1, -0.05) is 6.07 Å². The molecule has 0 spiro atoms. The van der Waals surface area contributed by atoms with Gasteiger partial charge in [-0.2, -0.15) is 4.98 Å². The molecule has 150 valence electrons. The Kier molecular flexibility index (Phi) is 4.55. The second-order valence-electron chi connectivity index (χ2n) is 7.36. The maximum atomic E-state index is 13.5. The molecule has 0 aliphatic carbocycles. The minimum atomic E-state index is -0.237. The highest BCUT2D eigenvalue weighted by atomic mass is 19.1. The van der Waals surface area contributed by atoms with Crippen molar-refractivity contribution in [2.24, 2.45) is 0 Å². The van der Waals surface area contributed by atoms with Gasteiger partial charge in [-0.05, 0) is 59.3 Å². The van der Waals surface area contributed by atoms with Crippen LogP contribution in [-0.2, 0) is 12.8 Å². The topological polar surface area (TPSA) is 95.4 Å². The molecule has 6 nitrogen and oxygen atoms in total. The summed E-state index contributed by atoms with van der Waals surface area (Å²) in [7, 11) is 0. The first-order valence-corrected chi connectivity index (χ1v) is 9.82. The second-order valence-corrected chi connectivity index (χ2v) is 7.36. The maximum Gasteiger partial charge on any atom is 0.224 e. The van der Waals surface area contributed by atoms with Crippen molar-refractivity contribution in [2.45, 2.75) is 12.8 Å². The third-order valence-corrected chi connectivity index (χ3v) is 5.32. The lowest BCUT2D eigenvalue weighted by molar-refractivity contribution is 0.629. The van der Waals surface area contributed by atoms with Gasteiger partial charge in [-0.25, -0.2) is 9.37 Å². The van der Waals surface area contributed by atoms with Gasteiger partial charge in [0.1, 0.15) is 11.6 Å². The number of fused-ring (bicyclic) bond motifs is 2.